The van der Waals surface area contributed by atoms with E-state index in [0.717, 1.165) is 0 Å². The molecule has 1 nitrogen and oxygen atoms in total. The maximum atomic E-state index is 6.94. The SMILES string of the molecule is CC(C)(C)[NH-].[CH3-].[CH3-].[CH3-].[CH3-].[Si].[Ti].c1ccc2[cH-]ccc2c1. The third-order valence-electron chi connectivity index (χ3n) is 1.55. The van der Waals surface area contributed by atoms with Gasteiger partial charge in [0.15, 0.2) is 0 Å². The van der Waals surface area contributed by atoms with Crippen molar-refractivity contribution in [2.24, 2.45) is 0 Å². The van der Waals surface area contributed by atoms with Crippen LogP contribution >= 0.6 is 0 Å². The van der Waals surface area contributed by atoms with Gasteiger partial charge in [-0.1, -0.05) is 26.8 Å². The van der Waals surface area contributed by atoms with Crippen LogP contribution in [0.15, 0.2) is 42.5 Å². The van der Waals surface area contributed by atoms with Crippen LogP contribution in [0.25, 0.3) is 16.5 Å². The molecule has 0 saturated heterocycles. The Hall–Kier alpha value is -0.279. The van der Waals surface area contributed by atoms with E-state index in [1.54, 1.807) is 0 Å². The van der Waals surface area contributed by atoms with E-state index in [0.29, 0.717) is 0 Å². The standard InChI is InChI=1S/C9H7.C4H10N.4CH3.Si.Ti/c1-2-5-9-7-3-6-8(9)4-1;1-4(2,3)5;;;;;;/h1-7H;5H,1-3H3;4*1H3;;/q6*-1;;. The van der Waals surface area contributed by atoms with Gasteiger partial charge >= 0.3 is 0 Å². The van der Waals surface area contributed by atoms with Crippen LogP contribution in [0.3, 0.4) is 0 Å². The van der Waals surface area contributed by atoms with E-state index in [9.17, 15) is 0 Å². The van der Waals surface area contributed by atoms with Crippen molar-refractivity contribution < 1.29 is 21.7 Å². The van der Waals surface area contributed by atoms with E-state index in [4.69, 9.17) is 5.73 Å². The van der Waals surface area contributed by atoms with E-state index in [2.05, 4.69) is 42.5 Å². The summed E-state index contributed by atoms with van der Waals surface area (Å²) in [6.45, 7) is 5.56. The summed E-state index contributed by atoms with van der Waals surface area (Å²) in [7, 11) is 0. The minimum absolute atomic E-state index is 0. The first-order valence-electron chi connectivity index (χ1n) is 4.82. The van der Waals surface area contributed by atoms with Crippen LogP contribution < -0.4 is 0 Å². The minimum Gasteiger partial charge on any atom is -0.673 e. The average Bonchev–Trinajstić information content (AvgIpc) is 2.47. The van der Waals surface area contributed by atoms with Gasteiger partial charge in [0.2, 0.25) is 0 Å². The summed E-state index contributed by atoms with van der Waals surface area (Å²) in [5.74, 6) is 0. The molecule has 0 spiro atoms. The summed E-state index contributed by atoms with van der Waals surface area (Å²) in [6, 6.07) is 14.7. The summed E-state index contributed by atoms with van der Waals surface area (Å²) in [4.78, 5) is 0. The van der Waals surface area contributed by atoms with Crippen molar-refractivity contribution in [3.05, 3.63) is 77.9 Å². The molecule has 2 aromatic rings. The Morgan fingerprint density at radius 1 is 0.900 bits per heavy atom. The van der Waals surface area contributed by atoms with Gasteiger partial charge in [0.25, 0.3) is 0 Å². The van der Waals surface area contributed by atoms with Crippen LogP contribution in [-0.4, -0.2) is 16.5 Å². The van der Waals surface area contributed by atoms with Crippen LogP contribution in [0.1, 0.15) is 20.8 Å². The average molecular weight is 323 g/mol. The normalized spacial score (nSPS) is 7.60. The molecule has 0 heterocycles. The molecule has 2 aromatic carbocycles. The Kier molecular flexibility index (Phi) is 30.8. The third-order valence-corrected chi connectivity index (χ3v) is 1.55. The number of hydrogen-bond acceptors (Lipinski definition) is 0. The number of hydrogen-bond donors (Lipinski definition) is 0. The van der Waals surface area contributed by atoms with Crippen LogP contribution in [0.5, 0.6) is 0 Å². The first-order chi connectivity index (χ1) is 6.47. The largest absolute Gasteiger partial charge is 0.673 e. The molecule has 0 aliphatic heterocycles. The Bertz CT molecular complexity index is 355. The molecule has 0 saturated carbocycles. The molecule has 0 amide bonds. The fourth-order valence-electron chi connectivity index (χ4n) is 1.07. The first-order valence-corrected chi connectivity index (χ1v) is 4.82. The molecule has 3 heteroatoms. The Balaban J connectivity index is -0.0000000412. The van der Waals surface area contributed by atoms with Gasteiger partial charge in [-0.25, -0.2) is 0 Å². The molecule has 0 unspecified atom stereocenters. The van der Waals surface area contributed by atoms with Crippen LogP contribution in [0.2, 0.25) is 0 Å². The van der Waals surface area contributed by atoms with Gasteiger partial charge in [-0.15, -0.1) is 35.2 Å². The second-order valence-corrected chi connectivity index (χ2v) is 4.40. The van der Waals surface area contributed by atoms with Crippen LogP contribution in [-0.2, 0) is 21.7 Å². The molecule has 0 atom stereocenters. The van der Waals surface area contributed by atoms with Crippen molar-refractivity contribution in [1.29, 1.82) is 0 Å². The summed E-state index contributed by atoms with van der Waals surface area (Å²) in [6.07, 6.45) is 0. The zero-order valence-corrected chi connectivity index (χ0v) is 16.6. The maximum Gasteiger partial charge on any atom is 0 e. The summed E-state index contributed by atoms with van der Waals surface area (Å²) >= 11 is 0. The summed E-state index contributed by atoms with van der Waals surface area (Å²) in [5, 5.41) is 2.66. The second kappa shape index (κ2) is 16.8. The third kappa shape index (κ3) is 17.7. The maximum absolute atomic E-state index is 6.94. The predicted molar refractivity (Wildman–Crippen MR) is 95.0 cm³/mol. The van der Waals surface area contributed by atoms with Gasteiger partial charge in [0.05, 0.1) is 0 Å². The van der Waals surface area contributed by atoms with Crippen LogP contribution in [0.4, 0.5) is 0 Å². The van der Waals surface area contributed by atoms with Crippen molar-refractivity contribution in [1.82, 2.24) is 0 Å². The van der Waals surface area contributed by atoms with Crippen molar-refractivity contribution in [2.45, 2.75) is 26.3 Å². The Morgan fingerprint density at radius 2 is 1.30 bits per heavy atom. The molecular formula is C17H29NSiTi-6. The molecule has 4 radical (unpaired) electrons. The molecule has 1 N–H and O–H groups in total. The van der Waals surface area contributed by atoms with E-state index in [1.165, 1.54) is 10.8 Å². The quantitative estimate of drug-likeness (QED) is 0.431. The fraction of sp³-hybridized carbons (Fsp3) is 0.235. The number of fused-ring (bicyclic) bond motifs is 1. The van der Waals surface area contributed by atoms with Gasteiger partial charge in [0, 0.05) is 32.7 Å². The van der Waals surface area contributed by atoms with Crippen molar-refractivity contribution >= 4 is 21.7 Å². The van der Waals surface area contributed by atoms with Crippen LogP contribution in [0, 0.1) is 29.7 Å². The topological polar surface area (TPSA) is 23.8 Å². The number of nitrogens with one attached hydrogen (secondary N) is 1. The zero-order valence-electron chi connectivity index (χ0n) is 14.0. The van der Waals surface area contributed by atoms with Gasteiger partial charge in [0.1, 0.15) is 0 Å². The van der Waals surface area contributed by atoms with Gasteiger partial charge in [-0.2, -0.15) is 17.5 Å². The van der Waals surface area contributed by atoms with E-state index >= 15 is 0 Å². The summed E-state index contributed by atoms with van der Waals surface area (Å²) < 4.78 is 0. The van der Waals surface area contributed by atoms with Crippen molar-refractivity contribution in [3.63, 3.8) is 0 Å². The summed E-state index contributed by atoms with van der Waals surface area (Å²) in [5.41, 5.74) is 6.69. The Morgan fingerprint density at radius 3 is 1.70 bits per heavy atom. The molecule has 20 heavy (non-hydrogen) atoms. The molecule has 0 aliphatic rings. The Labute approximate surface area is 147 Å². The van der Waals surface area contributed by atoms with Gasteiger partial charge < -0.3 is 35.4 Å². The zero-order chi connectivity index (χ0) is 10.6. The molecule has 0 aliphatic carbocycles. The van der Waals surface area contributed by atoms with E-state index in [-0.39, 0.29) is 67.9 Å². The number of rotatable bonds is 0. The molecule has 0 aromatic heterocycles. The molecule has 2 rings (SSSR count). The van der Waals surface area contributed by atoms with Gasteiger partial charge in [-0.05, 0) is 0 Å². The molecule has 116 valence electrons. The smallest absolute Gasteiger partial charge is 0 e. The fourth-order valence-corrected chi connectivity index (χ4v) is 1.07. The molecule has 0 fully saturated rings. The monoisotopic (exact) mass is 323 g/mol. The molecule has 0 bridgehead atoms. The second-order valence-electron chi connectivity index (χ2n) is 4.40. The van der Waals surface area contributed by atoms with E-state index in [1.807, 2.05) is 20.8 Å². The first kappa shape index (κ1) is 36.7. The van der Waals surface area contributed by atoms with E-state index < -0.39 is 0 Å². The van der Waals surface area contributed by atoms with Crippen molar-refractivity contribution in [3.8, 4) is 0 Å². The predicted octanol–water partition coefficient (Wildman–Crippen LogP) is 5.81. The van der Waals surface area contributed by atoms with Crippen molar-refractivity contribution in [2.75, 3.05) is 0 Å². The van der Waals surface area contributed by atoms with Gasteiger partial charge in [-0.3, -0.25) is 0 Å². The number of benzene rings is 1. The minimum atomic E-state index is -0.250. The molecular weight excluding hydrogens is 294 g/mol.